The highest BCUT2D eigenvalue weighted by Gasteiger charge is 2.12. The topological polar surface area (TPSA) is 87.9 Å². The van der Waals surface area contributed by atoms with Crippen LogP contribution < -0.4 is 10.1 Å². The molecule has 0 spiro atoms. The van der Waals surface area contributed by atoms with E-state index in [9.17, 15) is 4.79 Å². The molecule has 6 nitrogen and oxygen atoms in total. The molecule has 0 aliphatic carbocycles. The van der Waals surface area contributed by atoms with E-state index in [0.717, 1.165) is 0 Å². The maximum Gasteiger partial charge on any atom is 0.255 e. The molecule has 6 heteroatoms. The van der Waals surface area contributed by atoms with Gasteiger partial charge in [-0.3, -0.25) is 4.79 Å². The van der Waals surface area contributed by atoms with Crippen molar-refractivity contribution >= 4 is 11.6 Å². The summed E-state index contributed by atoms with van der Waals surface area (Å²) in [5, 5.41) is 11.6. The van der Waals surface area contributed by atoms with Crippen molar-refractivity contribution in [2.45, 2.75) is 0 Å². The fourth-order valence-electron chi connectivity index (χ4n) is 1.67. The molecule has 0 aliphatic rings. The molecule has 0 atom stereocenters. The lowest BCUT2D eigenvalue weighted by Crippen LogP contribution is -2.13. The van der Waals surface area contributed by atoms with Gasteiger partial charge in [-0.2, -0.15) is 10.2 Å². The van der Waals surface area contributed by atoms with Gasteiger partial charge >= 0.3 is 0 Å². The predicted molar refractivity (Wildman–Crippen MR) is 75.6 cm³/mol. The summed E-state index contributed by atoms with van der Waals surface area (Å²) in [6, 6.07) is 6.46. The van der Waals surface area contributed by atoms with Crippen LogP contribution in [0.25, 0.3) is 0 Å². The molecule has 0 saturated heterocycles. The van der Waals surface area contributed by atoms with E-state index >= 15 is 0 Å². The number of aromatic nitrogens is 2. The number of hydrogen-bond donors (Lipinski definition) is 1. The third kappa shape index (κ3) is 3.14. The molecule has 21 heavy (non-hydrogen) atoms. The Bertz CT molecular complexity index is 740. The van der Waals surface area contributed by atoms with Crippen LogP contribution >= 0.6 is 0 Å². The maximum atomic E-state index is 12.2. The molecule has 102 valence electrons. The van der Waals surface area contributed by atoms with Crippen LogP contribution in [0.15, 0.2) is 30.7 Å². The fourth-order valence-corrected chi connectivity index (χ4v) is 1.67. The predicted octanol–water partition coefficient (Wildman–Crippen LogP) is 1.59. The van der Waals surface area contributed by atoms with Gasteiger partial charge < -0.3 is 10.1 Å². The fraction of sp³-hybridized carbons (Fsp3) is 0.0667. The number of nitrogens with one attached hydrogen (secondary N) is 1. The Morgan fingerprint density at radius 2 is 2.14 bits per heavy atom. The molecule has 1 amide bonds. The van der Waals surface area contributed by atoms with Gasteiger partial charge in [0.15, 0.2) is 0 Å². The first kappa shape index (κ1) is 14.0. The number of rotatable bonds is 3. The van der Waals surface area contributed by atoms with Crippen molar-refractivity contribution in [3.05, 3.63) is 47.4 Å². The summed E-state index contributed by atoms with van der Waals surface area (Å²) in [5.74, 6) is 2.21. The summed E-state index contributed by atoms with van der Waals surface area (Å²) < 4.78 is 5.02. The van der Waals surface area contributed by atoms with Gasteiger partial charge in [-0.05, 0) is 18.2 Å². The molecule has 2 aromatic rings. The van der Waals surface area contributed by atoms with E-state index < -0.39 is 5.91 Å². The lowest BCUT2D eigenvalue weighted by atomic mass is 10.1. The van der Waals surface area contributed by atoms with E-state index in [-0.39, 0.29) is 11.4 Å². The highest BCUT2D eigenvalue weighted by molar-refractivity contribution is 6.05. The van der Waals surface area contributed by atoms with E-state index in [1.807, 2.05) is 6.07 Å². The van der Waals surface area contributed by atoms with Crippen molar-refractivity contribution in [1.29, 1.82) is 5.26 Å². The number of carbonyl (C=O) groups excluding carboxylic acids is 1. The first-order valence-corrected chi connectivity index (χ1v) is 5.85. The number of hydrogen-bond acceptors (Lipinski definition) is 5. The first-order valence-electron chi connectivity index (χ1n) is 5.85. The SMILES string of the molecule is C#Cc1cc(C#N)cc(C(=O)Nc2cncnc2OC)c1. The van der Waals surface area contributed by atoms with Crippen molar-refractivity contribution in [1.82, 2.24) is 9.97 Å². The van der Waals surface area contributed by atoms with E-state index in [1.165, 1.54) is 37.8 Å². The van der Waals surface area contributed by atoms with Crippen molar-refractivity contribution in [3.63, 3.8) is 0 Å². The third-order valence-electron chi connectivity index (χ3n) is 2.61. The van der Waals surface area contributed by atoms with Crippen LogP contribution in [0.5, 0.6) is 5.88 Å². The zero-order chi connectivity index (χ0) is 15.2. The lowest BCUT2D eigenvalue weighted by molar-refractivity contribution is 0.102. The zero-order valence-corrected chi connectivity index (χ0v) is 11.1. The van der Waals surface area contributed by atoms with Gasteiger partial charge in [0.05, 0.1) is 24.9 Å². The molecule has 0 radical (unpaired) electrons. The van der Waals surface area contributed by atoms with E-state index in [0.29, 0.717) is 16.8 Å². The number of nitriles is 1. The minimum absolute atomic E-state index is 0.243. The Balaban J connectivity index is 2.33. The second-order valence-electron chi connectivity index (χ2n) is 3.95. The van der Waals surface area contributed by atoms with Crippen molar-refractivity contribution in [3.8, 4) is 24.3 Å². The number of amides is 1. The van der Waals surface area contributed by atoms with Gasteiger partial charge in [0.2, 0.25) is 5.88 Å². The van der Waals surface area contributed by atoms with Gasteiger partial charge in [-0.15, -0.1) is 6.42 Å². The van der Waals surface area contributed by atoms with Crippen LogP contribution in [0.3, 0.4) is 0 Å². The number of terminal acetylenes is 1. The van der Waals surface area contributed by atoms with Crippen molar-refractivity contribution in [2.24, 2.45) is 0 Å². The summed E-state index contributed by atoms with van der Waals surface area (Å²) in [4.78, 5) is 19.9. The molecule has 0 aliphatic heterocycles. The molecule has 1 aromatic heterocycles. The molecule has 0 bridgehead atoms. The Kier molecular flexibility index (Phi) is 4.13. The van der Waals surface area contributed by atoms with Gasteiger partial charge in [0, 0.05) is 11.1 Å². The molecule has 2 rings (SSSR count). The number of nitrogens with zero attached hydrogens (tertiary/aromatic N) is 3. The smallest absolute Gasteiger partial charge is 0.255 e. The van der Waals surface area contributed by atoms with Crippen LogP contribution in [0.2, 0.25) is 0 Å². The lowest BCUT2D eigenvalue weighted by Gasteiger charge is -2.08. The van der Waals surface area contributed by atoms with Crippen molar-refractivity contribution < 1.29 is 9.53 Å². The van der Waals surface area contributed by atoms with Crippen LogP contribution in [0.4, 0.5) is 5.69 Å². The Morgan fingerprint density at radius 3 is 2.81 bits per heavy atom. The minimum Gasteiger partial charge on any atom is -0.479 e. The summed E-state index contributed by atoms with van der Waals surface area (Å²) in [6.07, 6.45) is 8.03. The highest BCUT2D eigenvalue weighted by atomic mass is 16.5. The molecule has 1 heterocycles. The van der Waals surface area contributed by atoms with E-state index in [1.54, 1.807) is 0 Å². The largest absolute Gasteiger partial charge is 0.479 e. The maximum absolute atomic E-state index is 12.2. The van der Waals surface area contributed by atoms with Gasteiger partial charge in [0.25, 0.3) is 5.91 Å². The second-order valence-corrected chi connectivity index (χ2v) is 3.95. The zero-order valence-electron chi connectivity index (χ0n) is 11.1. The summed E-state index contributed by atoms with van der Waals surface area (Å²) >= 11 is 0. The van der Waals surface area contributed by atoms with Crippen molar-refractivity contribution in [2.75, 3.05) is 12.4 Å². The highest BCUT2D eigenvalue weighted by Crippen LogP contribution is 2.20. The number of carbonyl (C=O) groups is 1. The van der Waals surface area contributed by atoms with Gasteiger partial charge in [-0.1, -0.05) is 5.92 Å². The van der Waals surface area contributed by atoms with Crippen LogP contribution in [0, 0.1) is 23.7 Å². The average Bonchev–Trinajstić information content (AvgIpc) is 2.54. The van der Waals surface area contributed by atoms with Gasteiger partial charge in [0.1, 0.15) is 12.0 Å². The quantitative estimate of drug-likeness (QED) is 0.861. The number of anilines is 1. The summed E-state index contributed by atoms with van der Waals surface area (Å²) in [6.45, 7) is 0. The van der Waals surface area contributed by atoms with Crippen LogP contribution in [0.1, 0.15) is 21.5 Å². The Labute approximate surface area is 121 Å². The molecule has 0 fully saturated rings. The van der Waals surface area contributed by atoms with Gasteiger partial charge in [-0.25, -0.2) is 4.98 Å². The van der Waals surface area contributed by atoms with Crippen LogP contribution in [-0.2, 0) is 0 Å². The van der Waals surface area contributed by atoms with E-state index in [4.69, 9.17) is 16.4 Å². The molecular weight excluding hydrogens is 268 g/mol. The second kappa shape index (κ2) is 6.18. The third-order valence-corrected chi connectivity index (χ3v) is 2.61. The Hall–Kier alpha value is -3.38. The van der Waals surface area contributed by atoms with E-state index in [2.05, 4.69) is 21.2 Å². The molecular formula is C15H10N4O2. The normalized spacial score (nSPS) is 9.29. The molecule has 0 saturated carbocycles. The monoisotopic (exact) mass is 278 g/mol. The number of ether oxygens (including phenoxy) is 1. The number of methoxy groups -OCH3 is 1. The summed E-state index contributed by atoms with van der Waals surface area (Å²) in [5.41, 5.74) is 1.37. The first-order chi connectivity index (χ1) is 10.2. The van der Waals surface area contributed by atoms with Crippen LogP contribution in [-0.4, -0.2) is 23.0 Å². The number of benzene rings is 1. The summed E-state index contributed by atoms with van der Waals surface area (Å²) in [7, 11) is 1.44. The standard InChI is InChI=1S/C15H10N4O2/c1-3-10-4-11(7-16)6-12(5-10)14(20)19-13-8-17-9-18-15(13)21-2/h1,4-6,8-9H,2H3,(H,19,20). The molecule has 1 aromatic carbocycles. The average molecular weight is 278 g/mol. The Morgan fingerprint density at radius 1 is 1.38 bits per heavy atom. The molecule has 0 unspecified atom stereocenters. The molecule has 1 N–H and O–H groups in total. The minimum atomic E-state index is -0.434.